The number of phenolic OH excluding ortho intramolecular Hbond substituents is 1. The molecule has 1 aliphatic heterocycles. The highest BCUT2D eigenvalue weighted by Gasteiger charge is 2.37. The molecule has 4 amide bonds. The summed E-state index contributed by atoms with van der Waals surface area (Å²) >= 11 is 12.3. The van der Waals surface area contributed by atoms with Gasteiger partial charge in [0.1, 0.15) is 11.3 Å². The van der Waals surface area contributed by atoms with Crippen LogP contribution in [0.25, 0.3) is 6.08 Å². The SMILES string of the molecule is O=C1NC(=O)N(c2ccc(Cl)cc2)C(=O)/C1=C/c1cc(Br)cc(Br)c1O. The molecule has 2 aromatic carbocycles. The van der Waals surface area contributed by atoms with Gasteiger partial charge in [-0.1, -0.05) is 27.5 Å². The second-order valence-electron chi connectivity index (χ2n) is 5.26. The Labute approximate surface area is 169 Å². The first kappa shape index (κ1) is 18.6. The van der Waals surface area contributed by atoms with Crippen molar-refractivity contribution in [2.75, 3.05) is 4.90 Å². The Morgan fingerprint density at radius 1 is 1.08 bits per heavy atom. The zero-order chi connectivity index (χ0) is 19.0. The number of nitrogens with one attached hydrogen (secondary N) is 1. The Bertz CT molecular complexity index is 973. The number of nitrogens with zero attached hydrogens (tertiary/aromatic N) is 1. The number of hydrogen-bond donors (Lipinski definition) is 2. The largest absolute Gasteiger partial charge is 0.506 e. The molecule has 132 valence electrons. The molecule has 0 radical (unpaired) electrons. The minimum atomic E-state index is -0.862. The average molecular weight is 501 g/mol. The van der Waals surface area contributed by atoms with E-state index in [1.165, 1.54) is 36.4 Å². The van der Waals surface area contributed by atoms with Crippen LogP contribution < -0.4 is 10.2 Å². The number of imide groups is 2. The highest BCUT2D eigenvalue weighted by atomic mass is 79.9. The van der Waals surface area contributed by atoms with E-state index in [2.05, 4.69) is 37.2 Å². The predicted molar refractivity (Wildman–Crippen MR) is 104 cm³/mol. The quantitative estimate of drug-likeness (QED) is 0.477. The number of anilines is 1. The van der Waals surface area contributed by atoms with Crippen molar-refractivity contribution in [3.63, 3.8) is 0 Å². The third kappa shape index (κ3) is 3.53. The van der Waals surface area contributed by atoms with E-state index in [9.17, 15) is 19.5 Å². The third-order valence-electron chi connectivity index (χ3n) is 3.54. The molecule has 1 aliphatic rings. The van der Waals surface area contributed by atoms with Gasteiger partial charge < -0.3 is 5.11 Å². The van der Waals surface area contributed by atoms with Gasteiger partial charge in [-0.15, -0.1) is 0 Å². The van der Waals surface area contributed by atoms with Crippen LogP contribution in [0, 0.1) is 0 Å². The van der Waals surface area contributed by atoms with Crippen molar-refractivity contribution in [2.45, 2.75) is 0 Å². The number of hydrogen-bond acceptors (Lipinski definition) is 4. The van der Waals surface area contributed by atoms with Gasteiger partial charge in [0, 0.05) is 15.1 Å². The summed E-state index contributed by atoms with van der Waals surface area (Å²) in [4.78, 5) is 37.9. The molecule has 1 heterocycles. The predicted octanol–water partition coefficient (Wildman–Crippen LogP) is 4.24. The zero-order valence-corrected chi connectivity index (χ0v) is 16.7. The number of barbiturate groups is 1. The number of carbonyl (C=O) groups excluding carboxylic acids is 3. The Morgan fingerprint density at radius 3 is 2.38 bits per heavy atom. The van der Waals surface area contributed by atoms with Gasteiger partial charge in [0.2, 0.25) is 0 Å². The van der Waals surface area contributed by atoms with Crippen LogP contribution in [0.2, 0.25) is 5.02 Å². The Morgan fingerprint density at radius 2 is 1.73 bits per heavy atom. The van der Waals surface area contributed by atoms with Gasteiger partial charge in [-0.2, -0.15) is 0 Å². The van der Waals surface area contributed by atoms with Gasteiger partial charge >= 0.3 is 6.03 Å². The minimum Gasteiger partial charge on any atom is -0.506 e. The fourth-order valence-electron chi connectivity index (χ4n) is 2.33. The lowest BCUT2D eigenvalue weighted by Gasteiger charge is -2.26. The van der Waals surface area contributed by atoms with Crippen LogP contribution in [-0.4, -0.2) is 23.0 Å². The summed E-state index contributed by atoms with van der Waals surface area (Å²) in [7, 11) is 0. The van der Waals surface area contributed by atoms with Gasteiger partial charge in [0.25, 0.3) is 11.8 Å². The van der Waals surface area contributed by atoms with E-state index >= 15 is 0 Å². The highest BCUT2D eigenvalue weighted by Crippen LogP contribution is 2.34. The summed E-state index contributed by atoms with van der Waals surface area (Å²) in [6.45, 7) is 0. The molecule has 26 heavy (non-hydrogen) atoms. The van der Waals surface area contributed by atoms with Crippen LogP contribution >= 0.6 is 43.5 Å². The van der Waals surface area contributed by atoms with E-state index < -0.39 is 17.8 Å². The lowest BCUT2D eigenvalue weighted by atomic mass is 10.1. The minimum absolute atomic E-state index is 0.142. The standard InChI is InChI=1S/C17H9Br2ClN2O4/c18-9-5-8(14(23)13(19)7-9)6-12-15(24)21-17(26)22(16(12)25)11-3-1-10(20)2-4-11/h1-7,23H,(H,21,24,26)/b12-6+. The third-order valence-corrected chi connectivity index (χ3v) is 4.86. The number of phenols is 1. The lowest BCUT2D eigenvalue weighted by Crippen LogP contribution is -2.54. The van der Waals surface area contributed by atoms with Gasteiger partial charge in [0.05, 0.1) is 10.2 Å². The molecule has 1 fully saturated rings. The number of urea groups is 1. The van der Waals surface area contributed by atoms with Crippen LogP contribution in [0.15, 0.2) is 50.9 Å². The number of aromatic hydroxyl groups is 1. The highest BCUT2D eigenvalue weighted by molar-refractivity contribution is 9.11. The van der Waals surface area contributed by atoms with Crippen LogP contribution in [0.1, 0.15) is 5.56 Å². The Balaban J connectivity index is 2.07. The number of carbonyl (C=O) groups is 3. The van der Waals surface area contributed by atoms with Crippen molar-refractivity contribution in [1.82, 2.24) is 5.32 Å². The molecule has 9 heteroatoms. The fourth-order valence-corrected chi connectivity index (χ4v) is 3.72. The van der Waals surface area contributed by atoms with Crippen molar-refractivity contribution < 1.29 is 19.5 Å². The number of rotatable bonds is 2. The molecule has 0 saturated carbocycles. The molecule has 2 N–H and O–H groups in total. The van der Waals surface area contributed by atoms with Crippen molar-refractivity contribution in [1.29, 1.82) is 0 Å². The maximum absolute atomic E-state index is 12.8. The Kier molecular flexibility index (Phi) is 5.17. The van der Waals surface area contributed by atoms with Crippen molar-refractivity contribution in [2.24, 2.45) is 0 Å². The van der Waals surface area contributed by atoms with Gasteiger partial charge in [0.15, 0.2) is 0 Å². The van der Waals surface area contributed by atoms with Crippen molar-refractivity contribution in [3.8, 4) is 5.75 Å². The number of benzene rings is 2. The van der Waals surface area contributed by atoms with Crippen LogP contribution in [0.3, 0.4) is 0 Å². The average Bonchev–Trinajstić information content (AvgIpc) is 2.57. The molecule has 1 saturated heterocycles. The van der Waals surface area contributed by atoms with E-state index in [0.29, 0.717) is 14.0 Å². The molecule has 0 spiro atoms. The van der Waals surface area contributed by atoms with Crippen molar-refractivity contribution in [3.05, 3.63) is 61.5 Å². The first-order valence-corrected chi connectivity index (χ1v) is 9.09. The molecule has 3 rings (SSSR count). The molecule has 0 aliphatic carbocycles. The molecule has 0 aromatic heterocycles. The smallest absolute Gasteiger partial charge is 0.335 e. The van der Waals surface area contributed by atoms with Gasteiger partial charge in [-0.25, -0.2) is 9.69 Å². The second-order valence-corrected chi connectivity index (χ2v) is 7.47. The molecule has 2 aromatic rings. The molecule has 6 nitrogen and oxygen atoms in total. The first-order chi connectivity index (χ1) is 12.3. The number of halogens is 3. The summed E-state index contributed by atoms with van der Waals surface area (Å²) in [5.41, 5.74) is 0.199. The number of amides is 4. The maximum atomic E-state index is 12.8. The molecule has 0 unspecified atom stereocenters. The summed E-state index contributed by atoms with van der Waals surface area (Å²) in [5, 5.41) is 12.7. The maximum Gasteiger partial charge on any atom is 0.335 e. The Hall–Kier alpha value is -2.16. The zero-order valence-electron chi connectivity index (χ0n) is 12.8. The van der Waals surface area contributed by atoms with Gasteiger partial charge in [-0.3, -0.25) is 14.9 Å². The lowest BCUT2D eigenvalue weighted by molar-refractivity contribution is -0.122. The fraction of sp³-hybridized carbons (Fsp3) is 0. The van der Waals surface area contributed by atoms with Crippen LogP contribution in [-0.2, 0) is 9.59 Å². The molecular weight excluding hydrogens is 491 g/mol. The topological polar surface area (TPSA) is 86.7 Å². The van der Waals surface area contributed by atoms with E-state index in [1.54, 1.807) is 6.07 Å². The van der Waals surface area contributed by atoms with E-state index in [-0.39, 0.29) is 22.6 Å². The van der Waals surface area contributed by atoms with E-state index in [0.717, 1.165) is 4.90 Å². The van der Waals surface area contributed by atoms with Crippen LogP contribution in [0.5, 0.6) is 5.75 Å². The molecule has 0 atom stereocenters. The van der Waals surface area contributed by atoms with E-state index in [1.807, 2.05) is 0 Å². The van der Waals surface area contributed by atoms with Gasteiger partial charge in [-0.05, 0) is 58.4 Å². The summed E-state index contributed by atoms with van der Waals surface area (Å²) in [5.74, 6) is -1.80. The van der Waals surface area contributed by atoms with Crippen molar-refractivity contribution >= 4 is 73.1 Å². The molecular formula is C17H9Br2ClN2O4. The summed E-state index contributed by atoms with van der Waals surface area (Å²) < 4.78 is 1.01. The second kappa shape index (κ2) is 7.22. The molecule has 0 bridgehead atoms. The van der Waals surface area contributed by atoms with E-state index in [4.69, 9.17) is 11.6 Å². The first-order valence-electron chi connectivity index (χ1n) is 7.13. The summed E-state index contributed by atoms with van der Waals surface area (Å²) in [6, 6.07) is 8.31. The monoisotopic (exact) mass is 498 g/mol. The van der Waals surface area contributed by atoms with Crippen LogP contribution in [0.4, 0.5) is 10.5 Å². The summed E-state index contributed by atoms with van der Waals surface area (Å²) in [6.07, 6.45) is 1.22. The normalized spacial score (nSPS) is 16.2.